The standard InChI is InChI=1S/C21H20ClFN2O/c22-19-3-6-21(26-15-17-1-4-20(23)5-2-17)18(13-19)9-12-25-14-16-7-10-24-11-8-16/h1-8,10-11,13,25H,9,12,14-15H2. The molecule has 0 aliphatic rings. The van der Waals surface area contributed by atoms with E-state index in [1.165, 1.54) is 17.7 Å². The Bertz CT molecular complexity index is 825. The zero-order chi connectivity index (χ0) is 18.2. The minimum atomic E-state index is -0.249. The summed E-state index contributed by atoms with van der Waals surface area (Å²) in [5.41, 5.74) is 3.16. The fourth-order valence-electron chi connectivity index (χ4n) is 2.58. The number of hydrogen-bond donors (Lipinski definition) is 1. The van der Waals surface area contributed by atoms with E-state index in [-0.39, 0.29) is 5.82 Å². The number of rotatable bonds is 8. The van der Waals surface area contributed by atoms with Crippen LogP contribution >= 0.6 is 11.6 Å². The summed E-state index contributed by atoms with van der Waals surface area (Å²) in [6.07, 6.45) is 4.37. The highest BCUT2D eigenvalue weighted by molar-refractivity contribution is 6.30. The van der Waals surface area contributed by atoms with Gasteiger partial charge < -0.3 is 10.1 Å². The van der Waals surface area contributed by atoms with Gasteiger partial charge in [-0.05, 0) is 72.1 Å². The van der Waals surface area contributed by atoms with Gasteiger partial charge in [-0.15, -0.1) is 0 Å². The van der Waals surface area contributed by atoms with E-state index in [0.29, 0.717) is 11.6 Å². The molecule has 1 heterocycles. The largest absolute Gasteiger partial charge is 0.489 e. The third kappa shape index (κ3) is 5.55. The first-order chi connectivity index (χ1) is 12.7. The zero-order valence-corrected chi connectivity index (χ0v) is 15.0. The smallest absolute Gasteiger partial charge is 0.123 e. The second kappa shape index (κ2) is 9.32. The van der Waals surface area contributed by atoms with E-state index >= 15 is 0 Å². The van der Waals surface area contributed by atoms with Crippen LogP contribution < -0.4 is 10.1 Å². The second-order valence-electron chi connectivity index (χ2n) is 5.95. The molecule has 5 heteroatoms. The Balaban J connectivity index is 1.56. The van der Waals surface area contributed by atoms with Gasteiger partial charge in [-0.3, -0.25) is 4.98 Å². The lowest BCUT2D eigenvalue weighted by molar-refractivity contribution is 0.302. The van der Waals surface area contributed by atoms with Crippen molar-refractivity contribution in [2.24, 2.45) is 0 Å². The number of nitrogens with one attached hydrogen (secondary N) is 1. The molecular weight excluding hydrogens is 351 g/mol. The quantitative estimate of drug-likeness (QED) is 0.579. The van der Waals surface area contributed by atoms with E-state index in [9.17, 15) is 4.39 Å². The Labute approximate surface area is 157 Å². The van der Waals surface area contributed by atoms with Gasteiger partial charge >= 0.3 is 0 Å². The van der Waals surface area contributed by atoms with Crippen molar-refractivity contribution in [2.45, 2.75) is 19.6 Å². The number of hydrogen-bond acceptors (Lipinski definition) is 3. The maximum absolute atomic E-state index is 13.0. The molecule has 0 unspecified atom stereocenters. The first-order valence-corrected chi connectivity index (χ1v) is 8.84. The molecule has 0 spiro atoms. The van der Waals surface area contributed by atoms with Crippen LogP contribution in [0.3, 0.4) is 0 Å². The van der Waals surface area contributed by atoms with Crippen molar-refractivity contribution in [1.29, 1.82) is 0 Å². The Morgan fingerprint density at radius 3 is 2.50 bits per heavy atom. The van der Waals surface area contributed by atoms with Gasteiger partial charge in [-0.2, -0.15) is 0 Å². The molecule has 0 saturated carbocycles. The molecule has 0 amide bonds. The first-order valence-electron chi connectivity index (χ1n) is 8.46. The van der Waals surface area contributed by atoms with Crippen LogP contribution in [0.5, 0.6) is 5.75 Å². The number of pyridine rings is 1. The summed E-state index contributed by atoms with van der Waals surface area (Å²) < 4.78 is 18.9. The third-order valence-electron chi connectivity index (χ3n) is 3.98. The van der Waals surface area contributed by atoms with E-state index < -0.39 is 0 Å². The van der Waals surface area contributed by atoms with E-state index in [2.05, 4.69) is 10.3 Å². The molecule has 3 nitrogen and oxygen atoms in total. The van der Waals surface area contributed by atoms with E-state index in [1.807, 2.05) is 30.3 Å². The highest BCUT2D eigenvalue weighted by Crippen LogP contribution is 2.24. The Morgan fingerprint density at radius 1 is 0.962 bits per heavy atom. The average molecular weight is 371 g/mol. The molecule has 0 bridgehead atoms. The number of benzene rings is 2. The van der Waals surface area contributed by atoms with Gasteiger partial charge in [0.2, 0.25) is 0 Å². The Morgan fingerprint density at radius 2 is 1.73 bits per heavy atom. The molecule has 26 heavy (non-hydrogen) atoms. The SMILES string of the molecule is Fc1ccc(COc2ccc(Cl)cc2CCNCc2ccncc2)cc1. The minimum Gasteiger partial charge on any atom is -0.489 e. The lowest BCUT2D eigenvalue weighted by atomic mass is 10.1. The van der Waals surface area contributed by atoms with Crippen molar-refractivity contribution >= 4 is 11.6 Å². The van der Waals surface area contributed by atoms with Gasteiger partial charge in [0.05, 0.1) is 0 Å². The maximum Gasteiger partial charge on any atom is 0.123 e. The van der Waals surface area contributed by atoms with Crippen molar-refractivity contribution in [1.82, 2.24) is 10.3 Å². The van der Waals surface area contributed by atoms with Crippen LogP contribution in [0.2, 0.25) is 5.02 Å². The molecule has 134 valence electrons. The average Bonchev–Trinajstić information content (AvgIpc) is 2.67. The van der Waals surface area contributed by atoms with Gasteiger partial charge in [0.25, 0.3) is 0 Å². The fourth-order valence-corrected chi connectivity index (χ4v) is 2.78. The van der Waals surface area contributed by atoms with Gasteiger partial charge in [-0.1, -0.05) is 23.7 Å². The van der Waals surface area contributed by atoms with Crippen molar-refractivity contribution in [2.75, 3.05) is 6.54 Å². The molecule has 2 aromatic carbocycles. The van der Waals surface area contributed by atoms with Crippen molar-refractivity contribution in [3.05, 3.63) is 94.5 Å². The molecule has 3 rings (SSSR count). The van der Waals surface area contributed by atoms with E-state index in [0.717, 1.165) is 36.4 Å². The first kappa shape index (κ1) is 18.4. The highest BCUT2D eigenvalue weighted by Gasteiger charge is 2.06. The summed E-state index contributed by atoms with van der Waals surface area (Å²) >= 11 is 6.14. The number of halogens is 2. The third-order valence-corrected chi connectivity index (χ3v) is 4.21. The van der Waals surface area contributed by atoms with E-state index in [1.54, 1.807) is 24.5 Å². The molecule has 0 saturated heterocycles. The van der Waals surface area contributed by atoms with Gasteiger partial charge in [0, 0.05) is 24.0 Å². The predicted octanol–water partition coefficient (Wildman–Crippen LogP) is 4.79. The van der Waals surface area contributed by atoms with Gasteiger partial charge in [0.15, 0.2) is 0 Å². The molecule has 3 aromatic rings. The monoisotopic (exact) mass is 370 g/mol. The highest BCUT2D eigenvalue weighted by atomic mass is 35.5. The van der Waals surface area contributed by atoms with Crippen molar-refractivity contribution in [3.63, 3.8) is 0 Å². The number of aromatic nitrogens is 1. The zero-order valence-electron chi connectivity index (χ0n) is 14.3. The molecule has 1 N–H and O–H groups in total. The maximum atomic E-state index is 13.0. The van der Waals surface area contributed by atoms with Crippen LogP contribution in [0, 0.1) is 5.82 Å². The molecule has 0 radical (unpaired) electrons. The minimum absolute atomic E-state index is 0.249. The van der Waals surface area contributed by atoms with Crippen LogP contribution in [0.25, 0.3) is 0 Å². The van der Waals surface area contributed by atoms with Crippen LogP contribution in [0.4, 0.5) is 4.39 Å². The fraction of sp³-hybridized carbons (Fsp3) is 0.190. The van der Waals surface area contributed by atoms with Crippen molar-refractivity contribution < 1.29 is 9.13 Å². The summed E-state index contributed by atoms with van der Waals surface area (Å²) in [5, 5.41) is 4.09. The number of ether oxygens (including phenoxy) is 1. The van der Waals surface area contributed by atoms with Gasteiger partial charge in [-0.25, -0.2) is 4.39 Å². The predicted molar refractivity (Wildman–Crippen MR) is 102 cm³/mol. The summed E-state index contributed by atoms with van der Waals surface area (Å²) in [5.74, 6) is 0.547. The van der Waals surface area contributed by atoms with Crippen LogP contribution in [-0.2, 0) is 19.6 Å². The molecule has 0 aliphatic carbocycles. The van der Waals surface area contributed by atoms with Crippen LogP contribution in [0.1, 0.15) is 16.7 Å². The molecule has 1 aromatic heterocycles. The molecule has 0 fully saturated rings. The molecule has 0 atom stereocenters. The van der Waals surface area contributed by atoms with Crippen LogP contribution in [0.15, 0.2) is 67.0 Å². The Hall–Kier alpha value is -2.43. The molecule has 0 aliphatic heterocycles. The lowest BCUT2D eigenvalue weighted by Gasteiger charge is -2.13. The second-order valence-corrected chi connectivity index (χ2v) is 6.39. The summed E-state index contributed by atoms with van der Waals surface area (Å²) in [6.45, 7) is 1.98. The number of nitrogens with zero attached hydrogens (tertiary/aromatic N) is 1. The topological polar surface area (TPSA) is 34.1 Å². The summed E-state index contributed by atoms with van der Waals surface area (Å²) in [7, 11) is 0. The summed E-state index contributed by atoms with van der Waals surface area (Å²) in [4.78, 5) is 4.01. The van der Waals surface area contributed by atoms with Gasteiger partial charge in [0.1, 0.15) is 18.2 Å². The van der Waals surface area contributed by atoms with Crippen LogP contribution in [-0.4, -0.2) is 11.5 Å². The normalized spacial score (nSPS) is 10.7. The Kier molecular flexibility index (Phi) is 6.58. The lowest BCUT2D eigenvalue weighted by Crippen LogP contribution is -2.17. The molecular formula is C21H20ClFN2O. The van der Waals surface area contributed by atoms with Crippen molar-refractivity contribution in [3.8, 4) is 5.75 Å². The summed E-state index contributed by atoms with van der Waals surface area (Å²) in [6, 6.07) is 15.9. The van der Waals surface area contributed by atoms with E-state index in [4.69, 9.17) is 16.3 Å².